The van der Waals surface area contributed by atoms with Gasteiger partial charge in [0.15, 0.2) is 11.9 Å². The van der Waals surface area contributed by atoms with E-state index >= 15 is 0 Å². The van der Waals surface area contributed by atoms with Gasteiger partial charge in [0.2, 0.25) is 0 Å². The molecular weight excluding hydrogens is 108 g/mol. The second-order valence-electron chi connectivity index (χ2n) is 1.78. The summed E-state index contributed by atoms with van der Waals surface area (Å²) in [5, 5.41) is 0. The zero-order valence-corrected chi connectivity index (χ0v) is 4.51. The number of esters is 1. The fourth-order valence-electron chi connectivity index (χ4n) is 0.591. The lowest BCUT2D eigenvalue weighted by Crippen LogP contribution is -2.08. The highest BCUT2D eigenvalue weighted by Crippen LogP contribution is 2.07. The van der Waals surface area contributed by atoms with Gasteiger partial charge in [-0.05, 0) is 6.92 Å². The van der Waals surface area contributed by atoms with E-state index in [1.807, 2.05) is 0 Å². The second kappa shape index (κ2) is 1.58. The smallest absolute Gasteiger partial charge is 0.314 e. The number of carbonyl (C=O) groups excluding carboxylic acids is 2. The quantitative estimate of drug-likeness (QED) is 0.326. The van der Waals surface area contributed by atoms with Crippen molar-refractivity contribution >= 4 is 11.8 Å². The molecule has 0 aliphatic carbocycles. The number of Topliss-reactive ketones (excluding diaryl/α,β-unsaturated/α-hetero) is 1. The van der Waals surface area contributed by atoms with Crippen molar-refractivity contribution in [3.05, 3.63) is 0 Å². The zero-order chi connectivity index (χ0) is 6.15. The third-order valence-electron chi connectivity index (χ3n) is 1.08. The fraction of sp³-hybridized carbons (Fsp3) is 0.600. The number of carbonyl (C=O) groups is 2. The minimum atomic E-state index is -0.498. The van der Waals surface area contributed by atoms with E-state index in [1.54, 1.807) is 6.92 Å². The number of hydrogen-bond donors (Lipinski definition) is 0. The maximum Gasteiger partial charge on any atom is 0.314 e. The summed E-state index contributed by atoms with van der Waals surface area (Å²) >= 11 is 0. The molecule has 0 aromatic rings. The highest BCUT2D eigenvalue weighted by atomic mass is 16.6. The van der Waals surface area contributed by atoms with Gasteiger partial charge in [0.25, 0.3) is 0 Å². The molecule has 0 aromatic heterocycles. The molecule has 1 aliphatic heterocycles. The van der Waals surface area contributed by atoms with Crippen LogP contribution in [0.5, 0.6) is 0 Å². The van der Waals surface area contributed by atoms with Crippen molar-refractivity contribution in [3.8, 4) is 0 Å². The minimum absolute atomic E-state index is 0.0405. The molecule has 3 heteroatoms. The van der Waals surface area contributed by atoms with Crippen molar-refractivity contribution < 1.29 is 14.3 Å². The lowest BCUT2D eigenvalue weighted by Gasteiger charge is -1.94. The Hall–Kier alpha value is -0.860. The van der Waals surface area contributed by atoms with Crippen LogP contribution in [0, 0.1) is 0 Å². The first-order chi connectivity index (χ1) is 3.70. The maximum atomic E-state index is 10.4. The Kier molecular flexibility index (Phi) is 1.04. The number of ketones is 1. The van der Waals surface area contributed by atoms with Gasteiger partial charge in [-0.1, -0.05) is 0 Å². The number of cyclic esters (lactones) is 1. The van der Waals surface area contributed by atoms with E-state index in [9.17, 15) is 9.59 Å². The molecule has 1 heterocycles. The Labute approximate surface area is 46.6 Å². The highest BCUT2D eigenvalue weighted by molar-refractivity contribution is 6.03. The van der Waals surface area contributed by atoms with Gasteiger partial charge in [-0.25, -0.2) is 0 Å². The molecule has 1 rings (SSSR count). The highest BCUT2D eigenvalue weighted by Gasteiger charge is 2.27. The standard InChI is InChI=1S/C5H6O3/c1-3-4(6)2-5(7)8-3/h3H,2H2,1H3/t3-/m0/s1. The monoisotopic (exact) mass is 114 g/mol. The number of rotatable bonds is 0. The first kappa shape index (κ1) is 5.28. The van der Waals surface area contributed by atoms with Crippen molar-refractivity contribution in [1.29, 1.82) is 0 Å². The second-order valence-corrected chi connectivity index (χ2v) is 1.78. The SMILES string of the molecule is C[C@@H]1OC(=O)CC1=O. The molecule has 0 unspecified atom stereocenters. The van der Waals surface area contributed by atoms with Gasteiger partial charge in [0.1, 0.15) is 6.42 Å². The van der Waals surface area contributed by atoms with Crippen LogP contribution in [0.4, 0.5) is 0 Å². The Balaban J connectivity index is 2.64. The van der Waals surface area contributed by atoms with Crippen molar-refractivity contribution in [3.63, 3.8) is 0 Å². The largest absolute Gasteiger partial charge is 0.454 e. The molecule has 1 saturated heterocycles. The van der Waals surface area contributed by atoms with Crippen LogP contribution in [0.3, 0.4) is 0 Å². The summed E-state index contributed by atoms with van der Waals surface area (Å²) < 4.78 is 4.48. The van der Waals surface area contributed by atoms with E-state index in [1.165, 1.54) is 0 Å². The Bertz CT molecular complexity index is 139. The van der Waals surface area contributed by atoms with Crippen LogP contribution in [0.1, 0.15) is 13.3 Å². The van der Waals surface area contributed by atoms with Gasteiger partial charge < -0.3 is 4.74 Å². The maximum absolute atomic E-state index is 10.4. The van der Waals surface area contributed by atoms with Gasteiger partial charge in [0.05, 0.1) is 0 Å². The van der Waals surface area contributed by atoms with Crippen LogP contribution < -0.4 is 0 Å². The summed E-state index contributed by atoms with van der Waals surface area (Å²) in [5.41, 5.74) is 0. The molecule has 0 saturated carbocycles. The van der Waals surface area contributed by atoms with E-state index in [0.29, 0.717) is 0 Å². The molecule has 0 N–H and O–H groups in total. The minimum Gasteiger partial charge on any atom is -0.454 e. The molecule has 3 nitrogen and oxygen atoms in total. The average molecular weight is 114 g/mol. The lowest BCUT2D eigenvalue weighted by atomic mass is 10.2. The van der Waals surface area contributed by atoms with Gasteiger partial charge in [-0.15, -0.1) is 0 Å². The van der Waals surface area contributed by atoms with Crippen LogP contribution >= 0.6 is 0 Å². The summed E-state index contributed by atoms with van der Waals surface area (Å²) in [6, 6.07) is 0. The van der Waals surface area contributed by atoms with Crippen molar-refractivity contribution in [2.24, 2.45) is 0 Å². The topological polar surface area (TPSA) is 43.4 Å². The van der Waals surface area contributed by atoms with Gasteiger partial charge >= 0.3 is 5.97 Å². The van der Waals surface area contributed by atoms with Crippen LogP contribution in [0.25, 0.3) is 0 Å². The molecule has 1 aliphatic rings. The molecule has 0 spiro atoms. The first-order valence-corrected chi connectivity index (χ1v) is 2.42. The summed E-state index contributed by atoms with van der Waals surface area (Å²) in [6.07, 6.45) is -0.538. The third-order valence-corrected chi connectivity index (χ3v) is 1.08. The van der Waals surface area contributed by atoms with Crippen LogP contribution in [-0.4, -0.2) is 17.9 Å². The van der Waals surface area contributed by atoms with Crippen LogP contribution in [-0.2, 0) is 14.3 Å². The van der Waals surface area contributed by atoms with Crippen molar-refractivity contribution in [2.75, 3.05) is 0 Å². The van der Waals surface area contributed by atoms with E-state index in [0.717, 1.165) is 0 Å². The van der Waals surface area contributed by atoms with Crippen LogP contribution in [0.2, 0.25) is 0 Å². The molecule has 0 radical (unpaired) electrons. The third kappa shape index (κ3) is 0.710. The van der Waals surface area contributed by atoms with Crippen molar-refractivity contribution in [2.45, 2.75) is 19.4 Å². The first-order valence-electron chi connectivity index (χ1n) is 2.42. The molecule has 44 valence electrons. The Morgan fingerprint density at radius 2 is 2.25 bits per heavy atom. The summed E-state index contributed by atoms with van der Waals surface area (Å²) in [6.45, 7) is 1.58. The zero-order valence-electron chi connectivity index (χ0n) is 4.51. The van der Waals surface area contributed by atoms with E-state index < -0.39 is 12.1 Å². The van der Waals surface area contributed by atoms with E-state index in [-0.39, 0.29) is 12.2 Å². The molecule has 0 amide bonds. The molecule has 0 bridgehead atoms. The van der Waals surface area contributed by atoms with Gasteiger partial charge in [-0.3, -0.25) is 9.59 Å². The summed E-state index contributed by atoms with van der Waals surface area (Å²) in [4.78, 5) is 20.7. The predicted molar refractivity (Wildman–Crippen MR) is 25.2 cm³/mol. The van der Waals surface area contributed by atoms with Gasteiger partial charge in [-0.2, -0.15) is 0 Å². The lowest BCUT2D eigenvalue weighted by molar-refractivity contribution is -0.141. The van der Waals surface area contributed by atoms with Crippen molar-refractivity contribution in [1.82, 2.24) is 0 Å². The fourth-order valence-corrected chi connectivity index (χ4v) is 0.591. The normalized spacial score (nSPS) is 28.4. The predicted octanol–water partition coefficient (Wildman–Crippen LogP) is -0.109. The average Bonchev–Trinajstić information content (AvgIpc) is 1.85. The number of ether oxygens (including phenoxy) is 1. The molecule has 1 atom stereocenters. The summed E-state index contributed by atoms with van der Waals surface area (Å²) in [5.74, 6) is -0.516. The molecule has 8 heavy (non-hydrogen) atoms. The van der Waals surface area contributed by atoms with Crippen LogP contribution in [0.15, 0.2) is 0 Å². The number of hydrogen-bond acceptors (Lipinski definition) is 3. The molecule has 0 aromatic carbocycles. The Morgan fingerprint density at radius 1 is 1.62 bits per heavy atom. The molecular formula is C5H6O3. The molecule has 1 fully saturated rings. The Morgan fingerprint density at radius 3 is 2.38 bits per heavy atom. The van der Waals surface area contributed by atoms with E-state index in [4.69, 9.17) is 0 Å². The van der Waals surface area contributed by atoms with Gasteiger partial charge in [0, 0.05) is 0 Å². The van der Waals surface area contributed by atoms with E-state index in [2.05, 4.69) is 4.74 Å². The summed E-state index contributed by atoms with van der Waals surface area (Å²) in [7, 11) is 0.